The second kappa shape index (κ2) is 10.1. The van der Waals surface area contributed by atoms with Crippen LogP contribution < -0.4 is 0 Å². The summed E-state index contributed by atoms with van der Waals surface area (Å²) in [4.78, 5) is 11.0. The average Bonchev–Trinajstić information content (AvgIpc) is 3.65. The Bertz CT molecular complexity index is 2810. The van der Waals surface area contributed by atoms with Crippen molar-refractivity contribution in [1.82, 2.24) is 14.5 Å². The Balaban J connectivity index is 1.37. The first-order chi connectivity index (χ1) is 24.3. The molecule has 0 radical (unpaired) electrons. The highest BCUT2D eigenvalue weighted by molar-refractivity contribution is 6.26. The smallest absolute Gasteiger partial charge is 0.165 e. The first kappa shape index (κ1) is 27.2. The zero-order chi connectivity index (χ0) is 32.1. The highest BCUT2D eigenvalue weighted by Crippen LogP contribution is 2.61. The minimum absolute atomic E-state index is 0.00502. The molecule has 11 rings (SSSR count). The SMILES string of the molecule is c1ccc2c(c1)-c1c(c3c4ccccc4n(-c4nc5ccccc5nc4-c4cccc5ccccc45)c3c3ccccc13)C21CCCCC1. The van der Waals surface area contributed by atoms with E-state index in [1.807, 2.05) is 0 Å². The molecule has 0 atom stereocenters. The standard InChI is InChI=1S/C46H33N3/c1-12-27-46(28-13-1)36-23-8-6-20-34(36)40-31-18-4-5-19-33(31)44-41(42(40)46)35-21-7-11-26-39(35)49(44)45-43(47-37-24-9-10-25-38(37)48-45)32-22-14-16-29-15-2-3-17-30(29)32/h2-11,14-26H,1,12-13,27-28H2. The summed E-state index contributed by atoms with van der Waals surface area (Å²) in [5, 5.41) is 7.62. The molecule has 0 N–H and O–H groups in total. The van der Waals surface area contributed by atoms with Crippen molar-refractivity contribution in [3.05, 3.63) is 151 Å². The highest BCUT2D eigenvalue weighted by Gasteiger charge is 2.46. The van der Waals surface area contributed by atoms with Gasteiger partial charge in [0.1, 0.15) is 5.69 Å². The van der Waals surface area contributed by atoms with Crippen LogP contribution in [0, 0.1) is 0 Å². The molecular formula is C46H33N3. The van der Waals surface area contributed by atoms with E-state index in [0.717, 1.165) is 28.1 Å². The van der Waals surface area contributed by atoms with Gasteiger partial charge in [-0.3, -0.25) is 4.57 Å². The summed E-state index contributed by atoms with van der Waals surface area (Å²) in [7, 11) is 0. The number of benzene rings is 7. The van der Waals surface area contributed by atoms with Crippen LogP contribution in [0.5, 0.6) is 0 Å². The van der Waals surface area contributed by atoms with Gasteiger partial charge in [0.25, 0.3) is 0 Å². The van der Waals surface area contributed by atoms with Crippen LogP contribution in [0.15, 0.2) is 140 Å². The lowest BCUT2D eigenvalue weighted by Gasteiger charge is -2.36. The molecule has 1 spiro atoms. The maximum absolute atomic E-state index is 5.55. The van der Waals surface area contributed by atoms with Gasteiger partial charge in [0, 0.05) is 27.1 Å². The molecular weight excluding hydrogens is 595 g/mol. The highest BCUT2D eigenvalue weighted by atomic mass is 15.1. The van der Waals surface area contributed by atoms with E-state index in [-0.39, 0.29) is 5.41 Å². The van der Waals surface area contributed by atoms with Crippen molar-refractivity contribution in [3.63, 3.8) is 0 Å². The average molecular weight is 628 g/mol. The first-order valence-electron chi connectivity index (χ1n) is 17.7. The molecule has 0 unspecified atom stereocenters. The Morgan fingerprint density at radius 2 is 1.14 bits per heavy atom. The quantitative estimate of drug-likeness (QED) is 0.191. The second-order valence-corrected chi connectivity index (χ2v) is 14.0. The van der Waals surface area contributed by atoms with E-state index in [2.05, 4.69) is 144 Å². The molecule has 2 heterocycles. The van der Waals surface area contributed by atoms with Crippen LogP contribution in [0.4, 0.5) is 0 Å². The number of para-hydroxylation sites is 3. The fourth-order valence-electron chi connectivity index (χ4n) is 9.58. The zero-order valence-corrected chi connectivity index (χ0v) is 27.2. The number of hydrogen-bond donors (Lipinski definition) is 0. The monoisotopic (exact) mass is 627 g/mol. The maximum atomic E-state index is 5.55. The molecule has 0 saturated heterocycles. The largest absolute Gasteiger partial charge is 0.291 e. The number of hydrogen-bond acceptors (Lipinski definition) is 2. The Labute approximate surface area is 284 Å². The van der Waals surface area contributed by atoms with Gasteiger partial charge in [0.15, 0.2) is 5.82 Å². The predicted molar refractivity (Wildman–Crippen MR) is 204 cm³/mol. The molecule has 232 valence electrons. The fraction of sp³-hybridized carbons (Fsp3) is 0.130. The second-order valence-electron chi connectivity index (χ2n) is 14.0. The normalized spacial score (nSPS) is 15.1. The molecule has 0 aliphatic heterocycles. The number of rotatable bonds is 2. The van der Waals surface area contributed by atoms with Gasteiger partial charge in [0.05, 0.1) is 22.1 Å². The Morgan fingerprint density at radius 3 is 2.00 bits per heavy atom. The molecule has 3 heteroatoms. The van der Waals surface area contributed by atoms with E-state index in [0.29, 0.717) is 0 Å². The lowest BCUT2D eigenvalue weighted by atomic mass is 9.66. The van der Waals surface area contributed by atoms with E-state index in [4.69, 9.17) is 9.97 Å². The Morgan fingerprint density at radius 1 is 0.510 bits per heavy atom. The van der Waals surface area contributed by atoms with Crippen LogP contribution in [0.2, 0.25) is 0 Å². The van der Waals surface area contributed by atoms with Gasteiger partial charge < -0.3 is 0 Å². The van der Waals surface area contributed by atoms with Crippen LogP contribution in [0.1, 0.15) is 43.2 Å². The number of nitrogens with zero attached hydrogens (tertiary/aromatic N) is 3. The summed E-state index contributed by atoms with van der Waals surface area (Å²) in [6, 6.07) is 50.9. The summed E-state index contributed by atoms with van der Waals surface area (Å²) in [6.45, 7) is 0. The molecule has 1 saturated carbocycles. The van der Waals surface area contributed by atoms with Gasteiger partial charge in [-0.05, 0) is 69.5 Å². The third-order valence-corrected chi connectivity index (χ3v) is 11.5. The molecule has 2 aliphatic carbocycles. The third-order valence-electron chi connectivity index (χ3n) is 11.5. The van der Waals surface area contributed by atoms with Crippen molar-refractivity contribution in [3.8, 4) is 28.2 Å². The summed E-state index contributed by atoms with van der Waals surface area (Å²) >= 11 is 0. The molecule has 0 amide bonds. The van der Waals surface area contributed by atoms with E-state index in [9.17, 15) is 0 Å². The Hall–Kier alpha value is -5.80. The van der Waals surface area contributed by atoms with Gasteiger partial charge in [-0.2, -0.15) is 0 Å². The molecule has 9 aromatic rings. The summed E-state index contributed by atoms with van der Waals surface area (Å²) in [5.74, 6) is 0.875. The van der Waals surface area contributed by atoms with E-state index >= 15 is 0 Å². The number of aromatic nitrogens is 3. The van der Waals surface area contributed by atoms with Crippen molar-refractivity contribution in [2.24, 2.45) is 0 Å². The third kappa shape index (κ3) is 3.62. The molecule has 3 nitrogen and oxygen atoms in total. The van der Waals surface area contributed by atoms with Crippen molar-refractivity contribution in [2.75, 3.05) is 0 Å². The lowest BCUT2D eigenvalue weighted by Crippen LogP contribution is -2.28. The molecule has 7 aromatic carbocycles. The van der Waals surface area contributed by atoms with Gasteiger partial charge in [0.2, 0.25) is 0 Å². The van der Waals surface area contributed by atoms with Crippen LogP contribution in [-0.4, -0.2) is 14.5 Å². The maximum Gasteiger partial charge on any atom is 0.165 e. The molecule has 49 heavy (non-hydrogen) atoms. The van der Waals surface area contributed by atoms with Crippen molar-refractivity contribution < 1.29 is 0 Å². The topological polar surface area (TPSA) is 30.7 Å². The van der Waals surface area contributed by atoms with Crippen LogP contribution in [0.3, 0.4) is 0 Å². The van der Waals surface area contributed by atoms with Gasteiger partial charge in [-0.25, -0.2) is 9.97 Å². The minimum Gasteiger partial charge on any atom is -0.291 e. The lowest BCUT2D eigenvalue weighted by molar-refractivity contribution is 0.355. The van der Waals surface area contributed by atoms with E-state index in [1.165, 1.54) is 97.7 Å². The minimum atomic E-state index is -0.00502. The molecule has 2 aliphatic rings. The first-order valence-corrected chi connectivity index (χ1v) is 17.7. The predicted octanol–water partition coefficient (Wildman–Crippen LogP) is 11.9. The number of fused-ring (bicyclic) bond motifs is 14. The summed E-state index contributed by atoms with van der Waals surface area (Å²) in [6.07, 6.45) is 6.17. The van der Waals surface area contributed by atoms with E-state index in [1.54, 1.807) is 0 Å². The van der Waals surface area contributed by atoms with Gasteiger partial charge >= 0.3 is 0 Å². The fourth-order valence-corrected chi connectivity index (χ4v) is 9.58. The van der Waals surface area contributed by atoms with Crippen molar-refractivity contribution in [1.29, 1.82) is 0 Å². The van der Waals surface area contributed by atoms with Crippen LogP contribution in [-0.2, 0) is 5.41 Å². The van der Waals surface area contributed by atoms with E-state index < -0.39 is 0 Å². The molecule has 0 bridgehead atoms. The summed E-state index contributed by atoms with van der Waals surface area (Å²) < 4.78 is 2.46. The van der Waals surface area contributed by atoms with Gasteiger partial charge in [-0.15, -0.1) is 0 Å². The zero-order valence-electron chi connectivity index (χ0n) is 27.2. The summed E-state index contributed by atoms with van der Waals surface area (Å²) in [5.41, 5.74) is 12.1. The van der Waals surface area contributed by atoms with Crippen LogP contribution in [0.25, 0.3) is 82.6 Å². The molecule has 2 aromatic heterocycles. The van der Waals surface area contributed by atoms with Crippen LogP contribution >= 0.6 is 0 Å². The van der Waals surface area contributed by atoms with Crippen molar-refractivity contribution in [2.45, 2.75) is 37.5 Å². The van der Waals surface area contributed by atoms with Crippen molar-refractivity contribution >= 4 is 54.4 Å². The van der Waals surface area contributed by atoms with Gasteiger partial charge in [-0.1, -0.05) is 141 Å². The Kier molecular flexibility index (Phi) is 5.60. The molecule has 1 fully saturated rings.